The molecule has 1 aliphatic heterocycles. The lowest BCUT2D eigenvalue weighted by Gasteiger charge is -2.28. The maximum Gasteiger partial charge on any atom is 0.322 e. The van der Waals surface area contributed by atoms with Gasteiger partial charge in [-0.05, 0) is 45.7 Å². The van der Waals surface area contributed by atoms with Gasteiger partial charge >= 0.3 is 6.03 Å². The Morgan fingerprint density at radius 2 is 2.08 bits per heavy atom. The molecule has 0 bridgehead atoms. The van der Waals surface area contributed by atoms with Crippen LogP contribution in [0.3, 0.4) is 0 Å². The predicted molar refractivity (Wildman–Crippen MR) is 104 cm³/mol. The molecule has 1 unspecified atom stereocenters. The molecule has 0 radical (unpaired) electrons. The Labute approximate surface area is 158 Å². The molecule has 2 aromatic rings. The Bertz CT molecular complexity index is 763. The molecule has 1 aliphatic rings. The third-order valence-electron chi connectivity index (χ3n) is 4.43. The molecule has 1 saturated heterocycles. The second kappa shape index (κ2) is 7.72. The van der Waals surface area contributed by atoms with Crippen LogP contribution < -0.4 is 15.5 Å². The van der Waals surface area contributed by atoms with Gasteiger partial charge in [-0.1, -0.05) is 12.1 Å². The van der Waals surface area contributed by atoms with E-state index < -0.39 is 6.03 Å². The summed E-state index contributed by atoms with van der Waals surface area (Å²) < 4.78 is 1.21. The number of quaternary nitrogens is 1. The SMILES string of the molecule is CC(C)(C)NC(=O)NC(=O)C[NH+]1CCC[C@H](c2nc3ccccc3s2)C1. The first kappa shape index (κ1) is 18.8. The fourth-order valence-electron chi connectivity index (χ4n) is 3.36. The van der Waals surface area contributed by atoms with Gasteiger partial charge in [0.05, 0.1) is 29.2 Å². The minimum Gasteiger partial charge on any atom is -0.333 e. The Kier molecular flexibility index (Phi) is 5.58. The van der Waals surface area contributed by atoms with Gasteiger partial charge in [-0.15, -0.1) is 11.3 Å². The van der Waals surface area contributed by atoms with Crippen molar-refractivity contribution in [2.75, 3.05) is 19.6 Å². The zero-order valence-corrected chi connectivity index (χ0v) is 16.4. The second-order valence-corrected chi connectivity index (χ2v) is 9.05. The molecule has 140 valence electrons. The van der Waals surface area contributed by atoms with Crippen molar-refractivity contribution in [3.8, 4) is 0 Å². The number of aromatic nitrogens is 1. The van der Waals surface area contributed by atoms with Gasteiger partial charge in [-0.25, -0.2) is 9.78 Å². The highest BCUT2D eigenvalue weighted by Crippen LogP contribution is 2.30. The molecule has 1 aromatic heterocycles. The van der Waals surface area contributed by atoms with Gasteiger partial charge in [0.25, 0.3) is 5.91 Å². The summed E-state index contributed by atoms with van der Waals surface area (Å²) in [6, 6.07) is 7.77. The van der Waals surface area contributed by atoms with E-state index in [4.69, 9.17) is 4.98 Å². The number of hydrogen-bond acceptors (Lipinski definition) is 4. The number of nitrogens with zero attached hydrogens (tertiary/aromatic N) is 1. The fourth-order valence-corrected chi connectivity index (χ4v) is 4.46. The van der Waals surface area contributed by atoms with Crippen molar-refractivity contribution in [3.05, 3.63) is 29.3 Å². The van der Waals surface area contributed by atoms with Crippen LogP contribution in [0.15, 0.2) is 24.3 Å². The zero-order valence-electron chi connectivity index (χ0n) is 15.6. The zero-order chi connectivity index (χ0) is 18.7. The van der Waals surface area contributed by atoms with E-state index in [0.717, 1.165) is 36.5 Å². The number of carbonyl (C=O) groups is 2. The van der Waals surface area contributed by atoms with Gasteiger partial charge in [0.15, 0.2) is 6.54 Å². The molecular formula is C19H27N4O2S+. The van der Waals surface area contributed by atoms with E-state index in [1.54, 1.807) is 11.3 Å². The molecule has 26 heavy (non-hydrogen) atoms. The number of nitrogens with one attached hydrogen (secondary N) is 3. The first-order chi connectivity index (χ1) is 12.3. The average molecular weight is 376 g/mol. The lowest BCUT2D eigenvalue weighted by atomic mass is 9.99. The maximum atomic E-state index is 12.2. The van der Waals surface area contributed by atoms with Gasteiger partial charge in [0.2, 0.25) is 0 Å². The van der Waals surface area contributed by atoms with E-state index in [0.29, 0.717) is 12.5 Å². The van der Waals surface area contributed by atoms with Crippen LogP contribution in [0.5, 0.6) is 0 Å². The van der Waals surface area contributed by atoms with Crippen LogP contribution in [-0.2, 0) is 4.79 Å². The number of benzene rings is 1. The molecular weight excluding hydrogens is 348 g/mol. The minimum absolute atomic E-state index is 0.230. The number of hydrogen-bond donors (Lipinski definition) is 3. The van der Waals surface area contributed by atoms with Crippen molar-refractivity contribution in [2.24, 2.45) is 0 Å². The van der Waals surface area contributed by atoms with Crippen LogP contribution in [-0.4, -0.2) is 42.1 Å². The van der Waals surface area contributed by atoms with Gasteiger partial charge in [-0.3, -0.25) is 10.1 Å². The van der Waals surface area contributed by atoms with Crippen LogP contribution in [0.4, 0.5) is 4.79 Å². The van der Waals surface area contributed by atoms with Gasteiger partial charge in [-0.2, -0.15) is 0 Å². The van der Waals surface area contributed by atoms with Crippen LogP contribution >= 0.6 is 11.3 Å². The van der Waals surface area contributed by atoms with E-state index in [1.807, 2.05) is 39.0 Å². The Hall–Kier alpha value is -1.99. The number of carbonyl (C=O) groups excluding carboxylic acids is 2. The van der Waals surface area contributed by atoms with Gasteiger partial charge in [0, 0.05) is 5.54 Å². The molecule has 3 N–H and O–H groups in total. The molecule has 0 aliphatic carbocycles. The van der Waals surface area contributed by atoms with E-state index in [9.17, 15) is 9.59 Å². The number of fused-ring (bicyclic) bond motifs is 1. The van der Waals surface area contributed by atoms with Crippen LogP contribution in [0.2, 0.25) is 0 Å². The van der Waals surface area contributed by atoms with E-state index in [1.165, 1.54) is 9.60 Å². The third kappa shape index (κ3) is 5.02. The number of imide groups is 1. The van der Waals surface area contributed by atoms with Crippen molar-refractivity contribution in [3.63, 3.8) is 0 Å². The van der Waals surface area contributed by atoms with Crippen LogP contribution in [0.25, 0.3) is 10.2 Å². The summed E-state index contributed by atoms with van der Waals surface area (Å²) in [4.78, 5) is 30.0. The first-order valence-corrected chi connectivity index (χ1v) is 9.93. The molecule has 3 amide bonds. The Morgan fingerprint density at radius 3 is 2.81 bits per heavy atom. The van der Waals surface area contributed by atoms with Crippen molar-refractivity contribution < 1.29 is 14.5 Å². The van der Waals surface area contributed by atoms with E-state index >= 15 is 0 Å². The number of amides is 3. The Balaban J connectivity index is 1.56. The van der Waals surface area contributed by atoms with Crippen molar-refractivity contribution in [2.45, 2.75) is 45.1 Å². The summed E-state index contributed by atoms with van der Waals surface area (Å²) in [5.74, 6) is 0.152. The predicted octanol–water partition coefficient (Wildman–Crippen LogP) is 1.68. The number of likely N-dealkylation sites (tertiary alicyclic amines) is 1. The average Bonchev–Trinajstić information content (AvgIpc) is 2.97. The number of rotatable bonds is 3. The van der Waals surface area contributed by atoms with Crippen molar-refractivity contribution in [1.82, 2.24) is 15.6 Å². The van der Waals surface area contributed by atoms with Gasteiger partial charge < -0.3 is 10.2 Å². The highest BCUT2D eigenvalue weighted by molar-refractivity contribution is 7.18. The summed E-state index contributed by atoms with van der Waals surface area (Å²) >= 11 is 1.75. The summed E-state index contributed by atoms with van der Waals surface area (Å²) in [6.07, 6.45) is 2.17. The van der Waals surface area contributed by atoms with Crippen LogP contribution in [0.1, 0.15) is 44.5 Å². The van der Waals surface area contributed by atoms with Gasteiger partial charge in [0.1, 0.15) is 5.01 Å². The standard InChI is InChI=1S/C19H26N4O2S/c1-19(2,3)22-18(25)21-16(24)12-23-10-6-7-13(11-23)17-20-14-8-4-5-9-15(14)26-17/h4-5,8-9,13H,6-7,10-12H2,1-3H3,(H2,21,22,24,25)/p+1/t13-/m0/s1. The molecule has 2 atom stereocenters. The lowest BCUT2D eigenvalue weighted by molar-refractivity contribution is -0.898. The quantitative estimate of drug-likeness (QED) is 0.764. The number of thiazole rings is 1. The van der Waals surface area contributed by atoms with Crippen molar-refractivity contribution >= 4 is 33.5 Å². The molecule has 0 saturated carbocycles. The van der Waals surface area contributed by atoms with E-state index in [2.05, 4.69) is 16.7 Å². The molecule has 0 spiro atoms. The first-order valence-electron chi connectivity index (χ1n) is 9.11. The summed E-state index contributed by atoms with van der Waals surface area (Å²) in [5.41, 5.74) is 0.691. The highest BCUT2D eigenvalue weighted by Gasteiger charge is 2.28. The summed E-state index contributed by atoms with van der Waals surface area (Å²) in [7, 11) is 0. The fraction of sp³-hybridized carbons (Fsp3) is 0.526. The Morgan fingerprint density at radius 1 is 1.31 bits per heavy atom. The topological polar surface area (TPSA) is 75.5 Å². The largest absolute Gasteiger partial charge is 0.333 e. The second-order valence-electron chi connectivity index (χ2n) is 7.99. The van der Waals surface area contributed by atoms with Crippen molar-refractivity contribution in [1.29, 1.82) is 0 Å². The smallest absolute Gasteiger partial charge is 0.322 e. The van der Waals surface area contributed by atoms with E-state index in [-0.39, 0.29) is 11.4 Å². The molecule has 3 rings (SSSR count). The molecule has 7 heteroatoms. The summed E-state index contributed by atoms with van der Waals surface area (Å²) in [5, 5.41) is 6.35. The number of para-hydroxylation sites is 1. The highest BCUT2D eigenvalue weighted by atomic mass is 32.1. The van der Waals surface area contributed by atoms with Crippen LogP contribution in [0, 0.1) is 0 Å². The summed E-state index contributed by atoms with van der Waals surface area (Å²) in [6.45, 7) is 7.81. The number of urea groups is 1. The number of piperidine rings is 1. The molecule has 1 aromatic carbocycles. The lowest BCUT2D eigenvalue weighted by Crippen LogP contribution is -3.14. The molecule has 1 fully saturated rings. The maximum absolute atomic E-state index is 12.2. The minimum atomic E-state index is -0.429. The molecule has 6 nitrogen and oxygen atoms in total. The normalized spacial score (nSPS) is 20.7. The third-order valence-corrected chi connectivity index (χ3v) is 5.63. The molecule has 2 heterocycles. The monoisotopic (exact) mass is 375 g/mol.